The summed E-state index contributed by atoms with van der Waals surface area (Å²) < 4.78 is 16.0. The zero-order chi connectivity index (χ0) is 13.9. The quantitative estimate of drug-likeness (QED) is 0.468. The minimum absolute atomic E-state index is 0.409. The third-order valence-corrected chi connectivity index (χ3v) is 2.37. The van der Waals surface area contributed by atoms with Crippen molar-refractivity contribution in [1.29, 1.82) is 0 Å². The fourth-order valence-electron chi connectivity index (χ4n) is 1.45. The third-order valence-electron chi connectivity index (χ3n) is 2.37. The van der Waals surface area contributed by atoms with Crippen LogP contribution < -0.4 is 10.2 Å². The molecule has 106 valence electrons. The van der Waals surface area contributed by atoms with Crippen molar-refractivity contribution >= 4 is 12.6 Å². The van der Waals surface area contributed by atoms with Crippen molar-refractivity contribution in [3.63, 3.8) is 0 Å². The Morgan fingerprint density at radius 2 is 1.68 bits per heavy atom. The van der Waals surface area contributed by atoms with Crippen LogP contribution in [-0.2, 0) is 9.47 Å². The molecule has 19 heavy (non-hydrogen) atoms. The summed E-state index contributed by atoms with van der Waals surface area (Å²) in [7, 11) is -1.48. The standard InChI is InChI=1S/C13H21BO5/c1-2-6-17-7-8-18-9-10-19-13-5-3-4-12(11-13)14(15)16/h3-5,11,15-16H,2,6-10H2,1H3. The van der Waals surface area contributed by atoms with E-state index in [1.54, 1.807) is 24.3 Å². The Hall–Kier alpha value is -1.08. The van der Waals surface area contributed by atoms with Crippen LogP contribution >= 0.6 is 0 Å². The lowest BCUT2D eigenvalue weighted by Crippen LogP contribution is -2.29. The average Bonchev–Trinajstić information content (AvgIpc) is 2.42. The van der Waals surface area contributed by atoms with Gasteiger partial charge in [-0.05, 0) is 24.0 Å². The van der Waals surface area contributed by atoms with Gasteiger partial charge in [0.2, 0.25) is 0 Å². The summed E-state index contributed by atoms with van der Waals surface area (Å²) >= 11 is 0. The molecule has 0 amide bonds. The number of hydrogen-bond acceptors (Lipinski definition) is 5. The van der Waals surface area contributed by atoms with Gasteiger partial charge < -0.3 is 24.3 Å². The normalized spacial score (nSPS) is 10.5. The van der Waals surface area contributed by atoms with Crippen molar-refractivity contribution in [2.45, 2.75) is 13.3 Å². The molecule has 0 atom stereocenters. The van der Waals surface area contributed by atoms with Crippen molar-refractivity contribution in [2.75, 3.05) is 33.0 Å². The first kappa shape index (κ1) is 16.0. The van der Waals surface area contributed by atoms with Gasteiger partial charge in [0.05, 0.1) is 19.8 Å². The van der Waals surface area contributed by atoms with Gasteiger partial charge in [-0.3, -0.25) is 0 Å². The van der Waals surface area contributed by atoms with Crippen molar-refractivity contribution in [3.8, 4) is 5.75 Å². The summed E-state index contributed by atoms with van der Waals surface area (Å²) in [6.07, 6.45) is 1.01. The second-order valence-electron chi connectivity index (χ2n) is 4.02. The molecular formula is C13H21BO5. The van der Waals surface area contributed by atoms with Gasteiger partial charge in [0.15, 0.2) is 0 Å². The Morgan fingerprint density at radius 1 is 1.00 bits per heavy atom. The van der Waals surface area contributed by atoms with E-state index in [0.717, 1.165) is 13.0 Å². The van der Waals surface area contributed by atoms with Crippen molar-refractivity contribution in [1.82, 2.24) is 0 Å². The molecule has 0 spiro atoms. The molecule has 0 unspecified atom stereocenters. The van der Waals surface area contributed by atoms with Crippen LogP contribution in [0.3, 0.4) is 0 Å². The zero-order valence-corrected chi connectivity index (χ0v) is 11.2. The number of hydrogen-bond donors (Lipinski definition) is 2. The Labute approximate surface area is 114 Å². The number of benzene rings is 1. The molecular weight excluding hydrogens is 247 g/mol. The van der Waals surface area contributed by atoms with E-state index in [0.29, 0.717) is 37.6 Å². The lowest BCUT2D eigenvalue weighted by atomic mass is 9.80. The summed E-state index contributed by atoms with van der Waals surface area (Å²) in [5.74, 6) is 0.594. The van der Waals surface area contributed by atoms with Crippen LogP contribution in [0.25, 0.3) is 0 Å². The Morgan fingerprint density at radius 3 is 2.37 bits per heavy atom. The van der Waals surface area contributed by atoms with Crippen LogP contribution in [0.15, 0.2) is 24.3 Å². The summed E-state index contributed by atoms with van der Waals surface area (Å²) in [4.78, 5) is 0. The van der Waals surface area contributed by atoms with Crippen LogP contribution in [0, 0.1) is 0 Å². The minimum atomic E-state index is -1.48. The monoisotopic (exact) mass is 268 g/mol. The van der Waals surface area contributed by atoms with Gasteiger partial charge in [0, 0.05) is 6.61 Å². The van der Waals surface area contributed by atoms with Crippen LogP contribution in [0.4, 0.5) is 0 Å². The SMILES string of the molecule is CCCOCCOCCOc1cccc(B(O)O)c1. The molecule has 0 bridgehead atoms. The molecule has 0 heterocycles. The predicted octanol–water partition coefficient (Wildman–Crippen LogP) is 0.188. The molecule has 0 aliphatic carbocycles. The van der Waals surface area contributed by atoms with Gasteiger partial charge in [0.1, 0.15) is 12.4 Å². The highest BCUT2D eigenvalue weighted by Crippen LogP contribution is 2.07. The Balaban J connectivity index is 2.10. The highest BCUT2D eigenvalue weighted by molar-refractivity contribution is 6.58. The van der Waals surface area contributed by atoms with Crippen LogP contribution in [-0.4, -0.2) is 50.2 Å². The van der Waals surface area contributed by atoms with E-state index in [1.165, 1.54) is 0 Å². The van der Waals surface area contributed by atoms with E-state index in [-0.39, 0.29) is 0 Å². The molecule has 0 radical (unpaired) electrons. The lowest BCUT2D eigenvalue weighted by Gasteiger charge is -2.08. The topological polar surface area (TPSA) is 68.2 Å². The maximum atomic E-state index is 9.02. The van der Waals surface area contributed by atoms with Gasteiger partial charge in [-0.2, -0.15) is 0 Å². The second-order valence-corrected chi connectivity index (χ2v) is 4.02. The van der Waals surface area contributed by atoms with Crippen LogP contribution in [0.1, 0.15) is 13.3 Å². The van der Waals surface area contributed by atoms with Gasteiger partial charge in [0.25, 0.3) is 0 Å². The van der Waals surface area contributed by atoms with Gasteiger partial charge >= 0.3 is 7.12 Å². The largest absolute Gasteiger partial charge is 0.491 e. The number of ether oxygens (including phenoxy) is 3. The smallest absolute Gasteiger partial charge is 0.488 e. The molecule has 0 fully saturated rings. The van der Waals surface area contributed by atoms with E-state index in [4.69, 9.17) is 24.3 Å². The molecule has 1 aromatic rings. The first-order valence-corrected chi connectivity index (χ1v) is 6.48. The summed E-state index contributed by atoms with van der Waals surface area (Å²) in [6, 6.07) is 6.69. The van der Waals surface area contributed by atoms with Crippen LogP contribution in [0.5, 0.6) is 5.75 Å². The summed E-state index contributed by atoms with van der Waals surface area (Å²) in [6.45, 7) is 4.86. The Kier molecular flexibility index (Phi) is 8.25. The molecule has 5 nitrogen and oxygen atoms in total. The third kappa shape index (κ3) is 7.17. The second kappa shape index (κ2) is 9.80. The van der Waals surface area contributed by atoms with Crippen molar-refractivity contribution < 1.29 is 24.3 Å². The maximum Gasteiger partial charge on any atom is 0.488 e. The van der Waals surface area contributed by atoms with Crippen LogP contribution in [0.2, 0.25) is 0 Å². The fourth-order valence-corrected chi connectivity index (χ4v) is 1.45. The molecule has 0 aliphatic heterocycles. The molecule has 6 heteroatoms. The highest BCUT2D eigenvalue weighted by atomic mass is 16.5. The van der Waals surface area contributed by atoms with Crippen molar-refractivity contribution in [3.05, 3.63) is 24.3 Å². The predicted molar refractivity (Wildman–Crippen MR) is 73.7 cm³/mol. The minimum Gasteiger partial charge on any atom is -0.491 e. The zero-order valence-electron chi connectivity index (χ0n) is 11.2. The highest BCUT2D eigenvalue weighted by Gasteiger charge is 2.10. The first-order valence-electron chi connectivity index (χ1n) is 6.48. The van der Waals surface area contributed by atoms with E-state index < -0.39 is 7.12 Å². The van der Waals surface area contributed by atoms with E-state index in [1.807, 2.05) is 0 Å². The number of rotatable bonds is 10. The molecule has 0 saturated heterocycles. The molecule has 2 N–H and O–H groups in total. The molecule has 0 aliphatic rings. The average molecular weight is 268 g/mol. The lowest BCUT2D eigenvalue weighted by molar-refractivity contribution is 0.0366. The summed E-state index contributed by atoms with van der Waals surface area (Å²) in [5.41, 5.74) is 0.409. The van der Waals surface area contributed by atoms with E-state index >= 15 is 0 Å². The molecule has 1 rings (SSSR count). The maximum absolute atomic E-state index is 9.02. The van der Waals surface area contributed by atoms with E-state index in [9.17, 15) is 0 Å². The van der Waals surface area contributed by atoms with Crippen molar-refractivity contribution in [2.24, 2.45) is 0 Å². The molecule has 0 saturated carbocycles. The van der Waals surface area contributed by atoms with Gasteiger partial charge in [-0.25, -0.2) is 0 Å². The molecule has 1 aromatic carbocycles. The molecule has 0 aromatic heterocycles. The summed E-state index contributed by atoms with van der Waals surface area (Å²) in [5, 5.41) is 18.0. The Bertz CT molecular complexity index is 346. The van der Waals surface area contributed by atoms with Gasteiger partial charge in [-0.1, -0.05) is 19.1 Å². The van der Waals surface area contributed by atoms with Gasteiger partial charge in [-0.15, -0.1) is 0 Å². The first-order chi connectivity index (χ1) is 9.24. The fraction of sp³-hybridized carbons (Fsp3) is 0.538. The van der Waals surface area contributed by atoms with E-state index in [2.05, 4.69) is 6.92 Å².